The number of nitrogens with zero attached hydrogens (tertiary/aromatic N) is 2. The molecule has 0 aliphatic carbocycles. The van der Waals surface area contributed by atoms with Crippen LogP contribution in [0.5, 0.6) is 0 Å². The van der Waals surface area contributed by atoms with Crippen molar-refractivity contribution in [2.75, 3.05) is 53.0 Å². The monoisotopic (exact) mass is 361 g/mol. The lowest BCUT2D eigenvalue weighted by atomic mass is 10.1. The Hall–Kier alpha value is -2.12. The van der Waals surface area contributed by atoms with Crippen LogP contribution < -0.4 is 16.0 Å². The molecule has 1 aromatic rings. The number of nitrogens with one attached hydrogen (secondary N) is 3. The Balaban J connectivity index is 1.80. The van der Waals surface area contributed by atoms with Crippen molar-refractivity contribution < 1.29 is 9.53 Å². The summed E-state index contributed by atoms with van der Waals surface area (Å²) in [6.07, 6.45) is 1.07. The molecule has 0 radical (unpaired) electrons. The Bertz CT molecular complexity index is 585. The van der Waals surface area contributed by atoms with Gasteiger partial charge in [-0.1, -0.05) is 12.1 Å². The standard InChI is InChI=1S/C19H31N5O2/c1-3-21-19(22-8-5-9-24-10-12-26-13-11-24)23-15-16-6-4-7-17(14-16)18(25)20-2/h4,6-7,14H,3,5,8-13,15H2,1-2H3,(H,20,25)(H2,21,22,23). The highest BCUT2D eigenvalue weighted by Crippen LogP contribution is 2.06. The zero-order chi connectivity index (χ0) is 18.6. The van der Waals surface area contributed by atoms with Gasteiger partial charge in [-0.05, 0) is 37.6 Å². The highest BCUT2D eigenvalue weighted by molar-refractivity contribution is 5.94. The van der Waals surface area contributed by atoms with Crippen LogP contribution in [0, 0.1) is 0 Å². The van der Waals surface area contributed by atoms with E-state index >= 15 is 0 Å². The summed E-state index contributed by atoms with van der Waals surface area (Å²) in [5, 5.41) is 9.29. The summed E-state index contributed by atoms with van der Waals surface area (Å²) in [5.41, 5.74) is 1.67. The maximum Gasteiger partial charge on any atom is 0.251 e. The van der Waals surface area contributed by atoms with Gasteiger partial charge in [0.2, 0.25) is 0 Å². The van der Waals surface area contributed by atoms with Gasteiger partial charge >= 0.3 is 0 Å². The fourth-order valence-electron chi connectivity index (χ4n) is 2.80. The Morgan fingerprint density at radius 3 is 2.81 bits per heavy atom. The molecule has 7 nitrogen and oxygen atoms in total. The molecule has 0 spiro atoms. The van der Waals surface area contributed by atoms with E-state index < -0.39 is 0 Å². The predicted molar refractivity (Wildman–Crippen MR) is 105 cm³/mol. The molecule has 0 aromatic heterocycles. The maximum absolute atomic E-state index is 11.7. The molecular weight excluding hydrogens is 330 g/mol. The highest BCUT2D eigenvalue weighted by atomic mass is 16.5. The number of rotatable bonds is 8. The van der Waals surface area contributed by atoms with Crippen LogP contribution in [-0.2, 0) is 11.3 Å². The molecule has 144 valence electrons. The molecule has 0 saturated carbocycles. The second-order valence-corrected chi connectivity index (χ2v) is 6.21. The zero-order valence-corrected chi connectivity index (χ0v) is 15.9. The normalized spacial score (nSPS) is 15.5. The molecule has 1 heterocycles. The second-order valence-electron chi connectivity index (χ2n) is 6.21. The summed E-state index contributed by atoms with van der Waals surface area (Å²) in [4.78, 5) is 18.8. The number of benzene rings is 1. The van der Waals surface area contributed by atoms with E-state index in [-0.39, 0.29) is 5.91 Å². The van der Waals surface area contributed by atoms with Gasteiger partial charge in [0.1, 0.15) is 0 Å². The van der Waals surface area contributed by atoms with Crippen molar-refractivity contribution in [1.82, 2.24) is 20.9 Å². The number of hydrogen-bond acceptors (Lipinski definition) is 4. The molecule has 1 aliphatic heterocycles. The van der Waals surface area contributed by atoms with Gasteiger partial charge in [-0.3, -0.25) is 9.69 Å². The van der Waals surface area contributed by atoms with Crippen molar-refractivity contribution in [2.45, 2.75) is 19.9 Å². The topological polar surface area (TPSA) is 78.0 Å². The average molecular weight is 361 g/mol. The van der Waals surface area contributed by atoms with Gasteiger partial charge in [-0.25, -0.2) is 4.99 Å². The zero-order valence-electron chi connectivity index (χ0n) is 15.9. The van der Waals surface area contributed by atoms with Crippen molar-refractivity contribution in [3.63, 3.8) is 0 Å². The van der Waals surface area contributed by atoms with Crippen LogP contribution in [0.2, 0.25) is 0 Å². The van der Waals surface area contributed by atoms with Crippen LogP contribution in [0.4, 0.5) is 0 Å². The maximum atomic E-state index is 11.7. The molecule has 1 aliphatic rings. The number of morpholine rings is 1. The lowest BCUT2D eigenvalue weighted by Gasteiger charge is -2.26. The van der Waals surface area contributed by atoms with E-state index in [1.54, 1.807) is 13.1 Å². The number of ether oxygens (including phenoxy) is 1. The third-order valence-electron chi connectivity index (χ3n) is 4.23. The molecular formula is C19H31N5O2. The lowest BCUT2D eigenvalue weighted by molar-refractivity contribution is 0.0376. The van der Waals surface area contributed by atoms with Crippen molar-refractivity contribution in [3.8, 4) is 0 Å². The molecule has 1 amide bonds. The Kier molecular flexibility index (Phi) is 8.92. The fraction of sp³-hybridized carbons (Fsp3) is 0.579. The van der Waals surface area contributed by atoms with Gasteiger partial charge in [0, 0.05) is 38.8 Å². The summed E-state index contributed by atoms with van der Waals surface area (Å²) < 4.78 is 5.37. The van der Waals surface area contributed by atoms with E-state index in [1.165, 1.54) is 0 Å². The Morgan fingerprint density at radius 2 is 2.08 bits per heavy atom. The van der Waals surface area contributed by atoms with Crippen molar-refractivity contribution in [2.24, 2.45) is 4.99 Å². The van der Waals surface area contributed by atoms with Gasteiger partial charge in [0.25, 0.3) is 5.91 Å². The first-order valence-electron chi connectivity index (χ1n) is 9.36. The summed E-state index contributed by atoms with van der Waals surface area (Å²) in [6.45, 7) is 9.07. The summed E-state index contributed by atoms with van der Waals surface area (Å²) in [7, 11) is 1.64. The molecule has 0 bridgehead atoms. The SMILES string of the molecule is CCNC(=NCc1cccc(C(=O)NC)c1)NCCCN1CCOCC1. The molecule has 2 rings (SSSR count). The van der Waals surface area contributed by atoms with Crippen molar-refractivity contribution >= 4 is 11.9 Å². The number of guanidine groups is 1. The highest BCUT2D eigenvalue weighted by Gasteiger charge is 2.09. The van der Waals surface area contributed by atoms with Crippen LogP contribution >= 0.6 is 0 Å². The summed E-state index contributed by atoms with van der Waals surface area (Å²) >= 11 is 0. The minimum Gasteiger partial charge on any atom is -0.379 e. The third-order valence-corrected chi connectivity index (χ3v) is 4.23. The smallest absolute Gasteiger partial charge is 0.251 e. The van der Waals surface area contributed by atoms with Crippen molar-refractivity contribution in [3.05, 3.63) is 35.4 Å². The molecule has 0 unspecified atom stereocenters. The van der Waals surface area contributed by atoms with Crippen LogP contribution in [0.1, 0.15) is 29.3 Å². The van der Waals surface area contributed by atoms with E-state index in [0.29, 0.717) is 12.1 Å². The second kappa shape index (κ2) is 11.5. The number of aliphatic imine (C=N–C) groups is 1. The third kappa shape index (κ3) is 7.01. The summed E-state index contributed by atoms with van der Waals surface area (Å²) in [6, 6.07) is 7.56. The van der Waals surface area contributed by atoms with Crippen LogP contribution in [0.15, 0.2) is 29.3 Å². The Labute approximate surface area is 156 Å². The van der Waals surface area contributed by atoms with Gasteiger partial charge in [-0.15, -0.1) is 0 Å². The first-order valence-corrected chi connectivity index (χ1v) is 9.36. The van der Waals surface area contributed by atoms with E-state index in [9.17, 15) is 4.79 Å². The molecule has 26 heavy (non-hydrogen) atoms. The molecule has 1 saturated heterocycles. The first-order chi connectivity index (χ1) is 12.7. The quantitative estimate of drug-likeness (QED) is 0.363. The van der Waals surface area contributed by atoms with Crippen LogP contribution in [0.25, 0.3) is 0 Å². The van der Waals surface area contributed by atoms with E-state index in [0.717, 1.165) is 63.9 Å². The average Bonchev–Trinajstić information content (AvgIpc) is 2.69. The fourth-order valence-corrected chi connectivity index (χ4v) is 2.80. The molecule has 0 atom stereocenters. The minimum absolute atomic E-state index is 0.0797. The number of hydrogen-bond donors (Lipinski definition) is 3. The van der Waals surface area contributed by atoms with Gasteiger partial charge in [0.05, 0.1) is 19.8 Å². The number of carbonyl (C=O) groups is 1. The van der Waals surface area contributed by atoms with Crippen molar-refractivity contribution in [1.29, 1.82) is 0 Å². The van der Waals surface area contributed by atoms with Crippen LogP contribution in [0.3, 0.4) is 0 Å². The van der Waals surface area contributed by atoms with E-state index in [4.69, 9.17) is 4.74 Å². The lowest BCUT2D eigenvalue weighted by Crippen LogP contribution is -2.40. The van der Waals surface area contributed by atoms with Gasteiger partial charge < -0.3 is 20.7 Å². The summed E-state index contributed by atoms with van der Waals surface area (Å²) in [5.74, 6) is 0.726. The van der Waals surface area contributed by atoms with Crippen LogP contribution in [-0.4, -0.2) is 69.8 Å². The number of amides is 1. The van der Waals surface area contributed by atoms with Gasteiger partial charge in [-0.2, -0.15) is 0 Å². The largest absolute Gasteiger partial charge is 0.379 e. The molecule has 1 fully saturated rings. The van der Waals surface area contributed by atoms with E-state index in [2.05, 4.69) is 32.8 Å². The predicted octanol–water partition coefficient (Wildman–Crippen LogP) is 0.824. The molecule has 7 heteroatoms. The molecule has 3 N–H and O–H groups in total. The minimum atomic E-state index is -0.0797. The van der Waals surface area contributed by atoms with Gasteiger partial charge in [0.15, 0.2) is 5.96 Å². The first kappa shape index (κ1) is 20.2. The number of carbonyl (C=O) groups excluding carboxylic acids is 1. The Morgan fingerprint density at radius 1 is 1.27 bits per heavy atom. The van der Waals surface area contributed by atoms with E-state index in [1.807, 2.05) is 18.2 Å². The molecule has 1 aromatic carbocycles.